The molecule has 7 nitrogen and oxygen atoms in total. The minimum atomic E-state index is -4.59. The summed E-state index contributed by atoms with van der Waals surface area (Å²) in [4.78, 5) is 25.1. The maximum atomic E-state index is 13.0. The van der Waals surface area contributed by atoms with Crippen LogP contribution < -0.4 is 20.1 Å². The van der Waals surface area contributed by atoms with Gasteiger partial charge in [-0.2, -0.15) is 18.4 Å². The van der Waals surface area contributed by atoms with Crippen LogP contribution in [0.15, 0.2) is 60.2 Å². The van der Waals surface area contributed by atoms with Crippen molar-refractivity contribution < 1.29 is 32.2 Å². The minimum Gasteiger partial charge on any atom is -0.490 e. The van der Waals surface area contributed by atoms with Crippen molar-refractivity contribution in [2.45, 2.75) is 26.9 Å². The SMILES string of the molecule is CCOc1cc(/C=C(\C#N)C(=O)Nc2cccc(C(F)(F)F)c2)cc(Cl)c1OCC(=O)Nc1cc(C)ccc1C. The van der Waals surface area contributed by atoms with E-state index in [1.807, 2.05) is 32.0 Å². The number of carbonyl (C=O) groups is 2. The summed E-state index contributed by atoms with van der Waals surface area (Å²) >= 11 is 6.40. The van der Waals surface area contributed by atoms with E-state index in [1.165, 1.54) is 24.3 Å². The third kappa shape index (κ3) is 8.01. The van der Waals surface area contributed by atoms with E-state index in [-0.39, 0.29) is 41.0 Å². The highest BCUT2D eigenvalue weighted by molar-refractivity contribution is 6.32. The summed E-state index contributed by atoms with van der Waals surface area (Å²) in [6.07, 6.45) is -3.39. The van der Waals surface area contributed by atoms with Gasteiger partial charge in [-0.3, -0.25) is 9.59 Å². The Balaban J connectivity index is 1.79. The Bertz CT molecular complexity index is 1500. The van der Waals surface area contributed by atoms with Crippen LogP contribution in [0.5, 0.6) is 11.5 Å². The summed E-state index contributed by atoms with van der Waals surface area (Å²) in [5.74, 6) is -1.09. The second-order valence-corrected chi connectivity index (χ2v) is 9.03. The fourth-order valence-corrected chi connectivity index (χ4v) is 3.83. The Labute approximate surface area is 234 Å². The lowest BCUT2D eigenvalue weighted by Crippen LogP contribution is -2.21. The zero-order valence-corrected chi connectivity index (χ0v) is 22.5. The molecule has 0 heterocycles. The van der Waals surface area contributed by atoms with Crippen molar-refractivity contribution in [2.24, 2.45) is 0 Å². The Hall–Kier alpha value is -4.49. The number of anilines is 2. The van der Waals surface area contributed by atoms with E-state index >= 15 is 0 Å². The maximum Gasteiger partial charge on any atom is 0.416 e. The number of aryl methyl sites for hydroxylation is 2. The van der Waals surface area contributed by atoms with Gasteiger partial charge < -0.3 is 20.1 Å². The predicted molar refractivity (Wildman–Crippen MR) is 146 cm³/mol. The molecule has 0 aliphatic heterocycles. The lowest BCUT2D eigenvalue weighted by atomic mass is 10.1. The second-order valence-electron chi connectivity index (χ2n) is 8.62. The van der Waals surface area contributed by atoms with Gasteiger partial charge in [-0.25, -0.2) is 0 Å². The van der Waals surface area contributed by atoms with Gasteiger partial charge in [0, 0.05) is 11.4 Å². The van der Waals surface area contributed by atoms with Gasteiger partial charge >= 0.3 is 6.18 Å². The van der Waals surface area contributed by atoms with Crippen molar-refractivity contribution in [1.29, 1.82) is 5.26 Å². The zero-order valence-electron chi connectivity index (χ0n) is 21.8. The molecule has 0 aromatic heterocycles. The number of amides is 2. The molecule has 0 aliphatic carbocycles. The first-order valence-electron chi connectivity index (χ1n) is 12.0. The normalized spacial score (nSPS) is 11.4. The van der Waals surface area contributed by atoms with Crippen LogP contribution in [0.1, 0.15) is 29.2 Å². The molecule has 0 unspecified atom stereocenters. The van der Waals surface area contributed by atoms with Crippen molar-refractivity contribution in [3.05, 3.63) is 87.4 Å². The van der Waals surface area contributed by atoms with Crippen LogP contribution in [-0.4, -0.2) is 25.0 Å². The quantitative estimate of drug-likeness (QED) is 0.214. The average Bonchev–Trinajstić information content (AvgIpc) is 2.88. The lowest BCUT2D eigenvalue weighted by molar-refractivity contribution is -0.137. The molecular weight excluding hydrogens is 547 g/mol. The Morgan fingerprint density at radius 3 is 2.48 bits per heavy atom. The van der Waals surface area contributed by atoms with Gasteiger partial charge in [-0.1, -0.05) is 29.8 Å². The molecule has 0 saturated heterocycles. The molecule has 2 N–H and O–H groups in total. The third-order valence-electron chi connectivity index (χ3n) is 5.47. The lowest BCUT2D eigenvalue weighted by Gasteiger charge is -2.15. The first kappa shape index (κ1) is 30.1. The smallest absolute Gasteiger partial charge is 0.416 e. The topological polar surface area (TPSA) is 100 Å². The van der Waals surface area contributed by atoms with Gasteiger partial charge in [0.15, 0.2) is 18.1 Å². The number of ether oxygens (including phenoxy) is 2. The Morgan fingerprint density at radius 1 is 1.05 bits per heavy atom. The maximum absolute atomic E-state index is 13.0. The van der Waals surface area contributed by atoms with Crippen LogP contribution in [0.3, 0.4) is 0 Å². The molecule has 0 bridgehead atoms. The molecule has 0 saturated carbocycles. The summed E-state index contributed by atoms with van der Waals surface area (Å²) in [7, 11) is 0. The van der Waals surface area contributed by atoms with Crippen molar-refractivity contribution in [2.75, 3.05) is 23.8 Å². The van der Waals surface area contributed by atoms with Gasteiger partial charge in [0.1, 0.15) is 11.6 Å². The van der Waals surface area contributed by atoms with Gasteiger partial charge in [0.25, 0.3) is 11.8 Å². The molecule has 3 rings (SSSR count). The molecule has 0 atom stereocenters. The molecule has 11 heteroatoms. The number of benzene rings is 3. The van der Waals surface area contributed by atoms with Crippen molar-refractivity contribution in [1.82, 2.24) is 0 Å². The number of nitriles is 1. The van der Waals surface area contributed by atoms with Crippen molar-refractivity contribution in [3.63, 3.8) is 0 Å². The summed E-state index contributed by atoms with van der Waals surface area (Å²) in [6, 6.07) is 14.3. The van der Waals surface area contributed by atoms with Crippen LogP contribution >= 0.6 is 11.6 Å². The Kier molecular flexibility index (Phi) is 9.80. The number of hydrogen-bond donors (Lipinski definition) is 2. The molecule has 3 aromatic carbocycles. The molecule has 0 spiro atoms. The van der Waals surface area contributed by atoms with Crippen LogP contribution in [0.25, 0.3) is 6.08 Å². The molecule has 40 heavy (non-hydrogen) atoms. The number of carbonyl (C=O) groups excluding carboxylic acids is 2. The standard InChI is InChI=1S/C29H25ClF3N3O4/c1-4-39-25-13-19(11-20(15-34)28(38)35-22-7-5-6-21(14-22)29(31,32)33)12-23(30)27(25)40-16-26(37)36-24-10-17(2)8-9-18(24)3/h5-14H,4,16H2,1-3H3,(H,35,38)(H,36,37)/b20-11+. The summed E-state index contributed by atoms with van der Waals surface area (Å²) in [6.45, 7) is 5.33. The number of nitrogens with one attached hydrogen (secondary N) is 2. The second kappa shape index (κ2) is 13.0. The highest BCUT2D eigenvalue weighted by atomic mass is 35.5. The predicted octanol–water partition coefficient (Wildman–Crippen LogP) is 6.94. The summed E-state index contributed by atoms with van der Waals surface area (Å²) < 4.78 is 50.2. The van der Waals surface area contributed by atoms with Crippen molar-refractivity contribution in [3.8, 4) is 17.6 Å². The number of alkyl halides is 3. The van der Waals surface area contributed by atoms with Crippen LogP contribution in [0.4, 0.5) is 24.5 Å². The number of hydrogen-bond acceptors (Lipinski definition) is 5. The van der Waals surface area contributed by atoms with E-state index in [4.69, 9.17) is 21.1 Å². The van der Waals surface area contributed by atoms with Gasteiger partial charge in [0.05, 0.1) is 17.2 Å². The van der Waals surface area contributed by atoms with Gasteiger partial charge in [0.2, 0.25) is 0 Å². The number of rotatable bonds is 9. The van der Waals surface area contributed by atoms with Crippen LogP contribution in [-0.2, 0) is 15.8 Å². The van der Waals surface area contributed by atoms with E-state index in [1.54, 1.807) is 13.0 Å². The fraction of sp³-hybridized carbons (Fsp3) is 0.207. The minimum absolute atomic E-state index is 0.0484. The molecule has 0 aliphatic rings. The van der Waals surface area contributed by atoms with Crippen LogP contribution in [0, 0.1) is 25.2 Å². The largest absolute Gasteiger partial charge is 0.490 e. The van der Waals surface area contributed by atoms with E-state index in [9.17, 15) is 28.0 Å². The Morgan fingerprint density at radius 2 is 1.80 bits per heavy atom. The monoisotopic (exact) mass is 571 g/mol. The van der Waals surface area contributed by atoms with E-state index in [2.05, 4.69) is 10.6 Å². The molecule has 2 amide bonds. The summed E-state index contributed by atoms with van der Waals surface area (Å²) in [5.41, 5.74) is 1.34. The van der Waals surface area contributed by atoms with Gasteiger partial charge in [-0.15, -0.1) is 0 Å². The number of halogens is 4. The van der Waals surface area contributed by atoms with Crippen LogP contribution in [0.2, 0.25) is 5.02 Å². The van der Waals surface area contributed by atoms with Crippen molar-refractivity contribution >= 4 is 40.9 Å². The molecule has 0 fully saturated rings. The average molecular weight is 572 g/mol. The molecule has 3 aromatic rings. The molecule has 0 radical (unpaired) electrons. The first-order chi connectivity index (χ1) is 18.9. The van der Waals surface area contributed by atoms with E-state index in [0.29, 0.717) is 5.69 Å². The first-order valence-corrected chi connectivity index (χ1v) is 12.4. The highest BCUT2D eigenvalue weighted by Gasteiger charge is 2.30. The third-order valence-corrected chi connectivity index (χ3v) is 5.75. The zero-order chi connectivity index (χ0) is 29.4. The van der Waals surface area contributed by atoms with Gasteiger partial charge in [-0.05, 0) is 79.9 Å². The number of nitrogens with zero attached hydrogens (tertiary/aromatic N) is 1. The highest BCUT2D eigenvalue weighted by Crippen LogP contribution is 2.37. The fourth-order valence-electron chi connectivity index (χ4n) is 3.56. The summed E-state index contributed by atoms with van der Waals surface area (Å²) in [5, 5.41) is 14.6. The van der Waals surface area contributed by atoms with E-state index < -0.39 is 29.1 Å². The van der Waals surface area contributed by atoms with E-state index in [0.717, 1.165) is 29.3 Å². The molecule has 208 valence electrons. The molecular formula is C29H25ClF3N3O4.